The van der Waals surface area contributed by atoms with Gasteiger partial charge in [0.2, 0.25) is 11.7 Å². The fourth-order valence-corrected chi connectivity index (χ4v) is 2.95. The molecule has 3 aromatic heterocycles. The molecule has 23 heavy (non-hydrogen) atoms. The maximum absolute atomic E-state index is 5.33. The molecule has 0 bridgehead atoms. The Hall–Kier alpha value is -2.54. The Labute approximate surface area is 134 Å². The first-order valence-corrected chi connectivity index (χ1v) is 7.68. The first kappa shape index (κ1) is 14.1. The average Bonchev–Trinajstić information content (AvgIpc) is 3.10. The maximum atomic E-state index is 5.33. The molecule has 1 fully saturated rings. The molecule has 0 saturated carbocycles. The molecule has 0 aromatic carbocycles. The van der Waals surface area contributed by atoms with Crippen molar-refractivity contribution in [3.8, 4) is 11.5 Å². The lowest BCUT2D eigenvalue weighted by atomic mass is 10.1. The highest BCUT2D eigenvalue weighted by Gasteiger charge is 2.31. The van der Waals surface area contributed by atoms with Gasteiger partial charge in [-0.1, -0.05) is 11.2 Å². The van der Waals surface area contributed by atoms with E-state index in [9.17, 15) is 0 Å². The van der Waals surface area contributed by atoms with Crippen LogP contribution in [0.5, 0.6) is 0 Å². The number of aromatic nitrogens is 5. The van der Waals surface area contributed by atoms with E-state index in [0.29, 0.717) is 24.3 Å². The predicted octanol–water partition coefficient (Wildman–Crippen LogP) is 2.00. The SMILES string of the molecule is Cc1cc(C)n(C2CN(Cc3nc(-c4ccccn4)no3)C2)n1. The lowest BCUT2D eigenvalue weighted by molar-refractivity contribution is 0.0777. The highest BCUT2D eigenvalue weighted by Crippen LogP contribution is 2.24. The van der Waals surface area contributed by atoms with E-state index < -0.39 is 0 Å². The van der Waals surface area contributed by atoms with Gasteiger partial charge in [0.05, 0.1) is 18.3 Å². The van der Waals surface area contributed by atoms with Gasteiger partial charge in [0, 0.05) is 25.0 Å². The summed E-state index contributed by atoms with van der Waals surface area (Å²) in [6.45, 7) is 6.68. The van der Waals surface area contributed by atoms with E-state index in [1.54, 1.807) is 6.20 Å². The van der Waals surface area contributed by atoms with Gasteiger partial charge in [0.15, 0.2) is 0 Å². The second-order valence-electron chi connectivity index (χ2n) is 5.95. The van der Waals surface area contributed by atoms with Gasteiger partial charge in [-0.3, -0.25) is 14.6 Å². The Bertz CT molecular complexity index is 803. The van der Waals surface area contributed by atoms with E-state index in [-0.39, 0.29) is 0 Å². The fraction of sp³-hybridized carbons (Fsp3) is 0.375. The highest BCUT2D eigenvalue weighted by atomic mass is 16.5. The Morgan fingerprint density at radius 3 is 2.83 bits per heavy atom. The first-order valence-electron chi connectivity index (χ1n) is 7.68. The molecule has 4 rings (SSSR count). The van der Waals surface area contributed by atoms with Crippen LogP contribution in [-0.2, 0) is 6.54 Å². The molecule has 0 atom stereocenters. The van der Waals surface area contributed by atoms with Gasteiger partial charge in [0.25, 0.3) is 0 Å². The van der Waals surface area contributed by atoms with Gasteiger partial charge >= 0.3 is 0 Å². The zero-order valence-electron chi connectivity index (χ0n) is 13.2. The predicted molar refractivity (Wildman–Crippen MR) is 83.5 cm³/mol. The van der Waals surface area contributed by atoms with Crippen LogP contribution in [0, 0.1) is 13.8 Å². The molecular weight excluding hydrogens is 292 g/mol. The molecule has 4 heterocycles. The largest absolute Gasteiger partial charge is 0.337 e. The van der Waals surface area contributed by atoms with Crippen LogP contribution in [0.4, 0.5) is 0 Å². The minimum atomic E-state index is 0.432. The molecule has 3 aromatic rings. The quantitative estimate of drug-likeness (QED) is 0.734. The minimum Gasteiger partial charge on any atom is -0.337 e. The van der Waals surface area contributed by atoms with E-state index in [1.165, 1.54) is 5.69 Å². The summed E-state index contributed by atoms with van der Waals surface area (Å²) in [5, 5.41) is 8.55. The van der Waals surface area contributed by atoms with Crippen LogP contribution < -0.4 is 0 Å². The third-order valence-electron chi connectivity index (χ3n) is 4.05. The van der Waals surface area contributed by atoms with Crippen molar-refractivity contribution in [2.45, 2.75) is 26.4 Å². The molecule has 0 radical (unpaired) electrons. The van der Waals surface area contributed by atoms with Crippen molar-refractivity contribution < 1.29 is 4.52 Å². The molecule has 0 unspecified atom stereocenters. The molecule has 0 spiro atoms. The average molecular weight is 310 g/mol. The Morgan fingerprint density at radius 1 is 1.26 bits per heavy atom. The van der Waals surface area contributed by atoms with E-state index in [1.807, 2.05) is 25.1 Å². The summed E-state index contributed by atoms with van der Waals surface area (Å²) >= 11 is 0. The van der Waals surface area contributed by atoms with Crippen molar-refractivity contribution in [1.29, 1.82) is 0 Å². The Balaban J connectivity index is 1.38. The van der Waals surface area contributed by atoms with Crippen LogP contribution in [-0.4, -0.2) is 42.9 Å². The monoisotopic (exact) mass is 310 g/mol. The summed E-state index contributed by atoms with van der Waals surface area (Å²) < 4.78 is 7.44. The molecule has 0 aliphatic carbocycles. The third kappa shape index (κ3) is 2.75. The number of rotatable bonds is 4. The standard InChI is InChI=1S/C16H18N6O/c1-11-7-12(2)22(19-11)13-8-21(9-13)10-15-18-16(20-23-15)14-5-3-4-6-17-14/h3-7,13H,8-10H2,1-2H3. The first-order chi connectivity index (χ1) is 11.2. The minimum absolute atomic E-state index is 0.432. The lowest BCUT2D eigenvalue weighted by Crippen LogP contribution is -2.47. The van der Waals surface area contributed by atoms with Crippen molar-refractivity contribution >= 4 is 0 Å². The molecule has 7 heteroatoms. The Morgan fingerprint density at radius 2 is 2.13 bits per heavy atom. The molecule has 1 aliphatic heterocycles. The van der Waals surface area contributed by atoms with Crippen molar-refractivity contribution in [3.05, 3.63) is 47.7 Å². The van der Waals surface area contributed by atoms with E-state index in [0.717, 1.165) is 24.5 Å². The van der Waals surface area contributed by atoms with Gasteiger partial charge in [-0.25, -0.2) is 0 Å². The molecule has 0 N–H and O–H groups in total. The van der Waals surface area contributed by atoms with Crippen LogP contribution in [0.1, 0.15) is 23.3 Å². The van der Waals surface area contributed by atoms with Crippen LogP contribution >= 0.6 is 0 Å². The summed E-state index contributed by atoms with van der Waals surface area (Å²) in [7, 11) is 0. The summed E-state index contributed by atoms with van der Waals surface area (Å²) in [5.41, 5.74) is 3.01. The summed E-state index contributed by atoms with van der Waals surface area (Å²) in [6.07, 6.45) is 1.72. The van der Waals surface area contributed by atoms with Gasteiger partial charge in [0.1, 0.15) is 5.69 Å². The molecule has 0 amide bonds. The van der Waals surface area contributed by atoms with Crippen LogP contribution in [0.25, 0.3) is 11.5 Å². The van der Waals surface area contributed by atoms with Crippen molar-refractivity contribution in [1.82, 2.24) is 29.8 Å². The zero-order valence-corrected chi connectivity index (χ0v) is 13.2. The fourth-order valence-electron chi connectivity index (χ4n) is 2.95. The van der Waals surface area contributed by atoms with Gasteiger partial charge in [-0.15, -0.1) is 0 Å². The van der Waals surface area contributed by atoms with Crippen LogP contribution in [0.3, 0.4) is 0 Å². The number of likely N-dealkylation sites (tertiary alicyclic amines) is 1. The molecule has 118 valence electrons. The van der Waals surface area contributed by atoms with E-state index >= 15 is 0 Å². The summed E-state index contributed by atoms with van der Waals surface area (Å²) in [6, 6.07) is 8.19. The van der Waals surface area contributed by atoms with Crippen molar-refractivity contribution in [2.75, 3.05) is 13.1 Å². The van der Waals surface area contributed by atoms with E-state index in [4.69, 9.17) is 4.52 Å². The molecule has 1 saturated heterocycles. The van der Waals surface area contributed by atoms with E-state index in [2.05, 4.69) is 42.8 Å². The third-order valence-corrected chi connectivity index (χ3v) is 4.05. The number of aryl methyl sites for hydroxylation is 2. The van der Waals surface area contributed by atoms with Crippen molar-refractivity contribution in [3.63, 3.8) is 0 Å². The number of hydrogen-bond donors (Lipinski definition) is 0. The van der Waals surface area contributed by atoms with Crippen LogP contribution in [0.2, 0.25) is 0 Å². The number of hydrogen-bond acceptors (Lipinski definition) is 6. The second kappa shape index (κ2) is 5.58. The maximum Gasteiger partial charge on any atom is 0.241 e. The van der Waals surface area contributed by atoms with Crippen molar-refractivity contribution in [2.24, 2.45) is 0 Å². The molecule has 7 nitrogen and oxygen atoms in total. The van der Waals surface area contributed by atoms with Gasteiger partial charge < -0.3 is 4.52 Å². The number of nitrogens with zero attached hydrogens (tertiary/aromatic N) is 6. The highest BCUT2D eigenvalue weighted by molar-refractivity contribution is 5.46. The smallest absolute Gasteiger partial charge is 0.241 e. The molecular formula is C16H18N6O. The van der Waals surface area contributed by atoms with Crippen LogP contribution in [0.15, 0.2) is 35.0 Å². The molecule has 1 aliphatic rings. The lowest BCUT2D eigenvalue weighted by Gasteiger charge is -2.38. The Kier molecular flexibility index (Phi) is 3.42. The van der Waals surface area contributed by atoms with Gasteiger partial charge in [-0.2, -0.15) is 10.1 Å². The zero-order chi connectivity index (χ0) is 15.8. The normalized spacial score (nSPS) is 15.7. The second-order valence-corrected chi connectivity index (χ2v) is 5.95. The topological polar surface area (TPSA) is 72.9 Å². The van der Waals surface area contributed by atoms with Gasteiger partial charge in [-0.05, 0) is 32.0 Å². The summed E-state index contributed by atoms with van der Waals surface area (Å²) in [5.74, 6) is 1.16. The number of pyridine rings is 1. The summed E-state index contributed by atoms with van der Waals surface area (Å²) in [4.78, 5) is 10.9.